The lowest BCUT2D eigenvalue weighted by Crippen LogP contribution is -2.42. The van der Waals surface area contributed by atoms with Crippen LogP contribution >= 0.6 is 0 Å². The molecule has 23 heavy (non-hydrogen) atoms. The fourth-order valence-electron chi connectivity index (χ4n) is 2.64. The van der Waals surface area contributed by atoms with Gasteiger partial charge in [0.25, 0.3) is 5.91 Å². The number of benzene rings is 1. The Morgan fingerprint density at radius 1 is 1.22 bits per heavy atom. The largest absolute Gasteiger partial charge is 0.490 e. The lowest BCUT2D eigenvalue weighted by atomic mass is 10.0. The molecule has 1 aromatic rings. The van der Waals surface area contributed by atoms with Gasteiger partial charge in [-0.2, -0.15) is 0 Å². The quantitative estimate of drug-likeness (QED) is 0.785. The van der Waals surface area contributed by atoms with Gasteiger partial charge in [-0.1, -0.05) is 13.3 Å². The topological polar surface area (TPSA) is 64.8 Å². The SMILES string of the molecule is CCCCOc1ccc(C(=O)N2CCC(N)CC2)cc1OCC. The van der Waals surface area contributed by atoms with Crippen LogP contribution in [0, 0.1) is 0 Å². The summed E-state index contributed by atoms with van der Waals surface area (Å²) in [5.41, 5.74) is 6.55. The molecule has 0 atom stereocenters. The molecule has 0 aromatic heterocycles. The summed E-state index contributed by atoms with van der Waals surface area (Å²) in [6.07, 6.45) is 3.81. The first-order valence-corrected chi connectivity index (χ1v) is 8.60. The Morgan fingerprint density at radius 3 is 2.61 bits per heavy atom. The molecule has 1 aromatic carbocycles. The molecular weight excluding hydrogens is 292 g/mol. The van der Waals surface area contributed by atoms with Gasteiger partial charge in [-0.3, -0.25) is 4.79 Å². The standard InChI is InChI=1S/C18H28N2O3/c1-3-5-12-23-16-7-6-14(13-17(16)22-4-2)18(21)20-10-8-15(19)9-11-20/h6-7,13,15H,3-5,8-12,19H2,1-2H3. The number of amides is 1. The van der Waals surface area contributed by atoms with Gasteiger partial charge < -0.3 is 20.1 Å². The van der Waals surface area contributed by atoms with Gasteiger partial charge in [0.15, 0.2) is 11.5 Å². The molecule has 2 rings (SSSR count). The number of piperidine rings is 1. The molecule has 0 radical (unpaired) electrons. The molecule has 1 amide bonds. The van der Waals surface area contributed by atoms with Gasteiger partial charge in [0.1, 0.15) is 0 Å². The Balaban J connectivity index is 2.09. The maximum Gasteiger partial charge on any atom is 0.253 e. The van der Waals surface area contributed by atoms with Crippen LogP contribution in [0.5, 0.6) is 11.5 Å². The maximum absolute atomic E-state index is 12.6. The van der Waals surface area contributed by atoms with Gasteiger partial charge in [0, 0.05) is 24.7 Å². The van der Waals surface area contributed by atoms with E-state index in [-0.39, 0.29) is 11.9 Å². The van der Waals surface area contributed by atoms with Crippen molar-refractivity contribution in [2.24, 2.45) is 5.73 Å². The minimum Gasteiger partial charge on any atom is -0.490 e. The molecule has 5 nitrogen and oxygen atoms in total. The second-order valence-electron chi connectivity index (χ2n) is 5.93. The van der Waals surface area contributed by atoms with Crippen LogP contribution in [0.3, 0.4) is 0 Å². The van der Waals surface area contributed by atoms with Crippen molar-refractivity contribution in [2.75, 3.05) is 26.3 Å². The number of hydrogen-bond acceptors (Lipinski definition) is 4. The lowest BCUT2D eigenvalue weighted by molar-refractivity contribution is 0.0714. The minimum atomic E-state index is 0.0398. The summed E-state index contributed by atoms with van der Waals surface area (Å²) in [6.45, 7) is 6.70. The van der Waals surface area contributed by atoms with E-state index in [0.717, 1.165) is 38.8 Å². The zero-order chi connectivity index (χ0) is 16.7. The van der Waals surface area contributed by atoms with Crippen molar-refractivity contribution in [2.45, 2.75) is 45.6 Å². The highest BCUT2D eigenvalue weighted by Gasteiger charge is 2.22. The van der Waals surface area contributed by atoms with Crippen LogP contribution in [-0.2, 0) is 0 Å². The summed E-state index contributed by atoms with van der Waals surface area (Å²) in [7, 11) is 0. The predicted octanol–water partition coefficient (Wildman–Crippen LogP) is 2.83. The van der Waals surface area contributed by atoms with E-state index in [0.29, 0.717) is 30.3 Å². The van der Waals surface area contributed by atoms with Crippen LogP contribution in [0.15, 0.2) is 18.2 Å². The monoisotopic (exact) mass is 320 g/mol. The molecule has 1 aliphatic heterocycles. The summed E-state index contributed by atoms with van der Waals surface area (Å²) < 4.78 is 11.4. The van der Waals surface area contributed by atoms with Gasteiger partial charge in [-0.05, 0) is 44.4 Å². The molecule has 1 aliphatic rings. The first-order chi connectivity index (χ1) is 11.2. The smallest absolute Gasteiger partial charge is 0.253 e. The number of carbonyl (C=O) groups is 1. The van der Waals surface area contributed by atoms with E-state index < -0.39 is 0 Å². The van der Waals surface area contributed by atoms with E-state index in [4.69, 9.17) is 15.2 Å². The number of carbonyl (C=O) groups excluding carboxylic acids is 1. The summed E-state index contributed by atoms with van der Waals surface area (Å²) in [5.74, 6) is 1.39. The molecule has 0 aliphatic carbocycles. The van der Waals surface area contributed by atoms with Crippen LogP contribution in [0.4, 0.5) is 0 Å². The van der Waals surface area contributed by atoms with Crippen molar-refractivity contribution in [3.63, 3.8) is 0 Å². The van der Waals surface area contributed by atoms with Gasteiger partial charge in [0.05, 0.1) is 13.2 Å². The molecule has 2 N–H and O–H groups in total. The number of rotatable bonds is 7. The van der Waals surface area contributed by atoms with Crippen LogP contribution < -0.4 is 15.2 Å². The van der Waals surface area contributed by atoms with Crippen molar-refractivity contribution >= 4 is 5.91 Å². The van der Waals surface area contributed by atoms with E-state index in [1.165, 1.54) is 0 Å². The van der Waals surface area contributed by atoms with Crippen molar-refractivity contribution in [3.05, 3.63) is 23.8 Å². The molecular formula is C18H28N2O3. The number of nitrogens with two attached hydrogens (primary N) is 1. The van der Waals surface area contributed by atoms with Crippen LogP contribution in [0.1, 0.15) is 49.9 Å². The molecule has 1 fully saturated rings. The molecule has 0 spiro atoms. The zero-order valence-corrected chi connectivity index (χ0v) is 14.2. The summed E-state index contributed by atoms with van der Waals surface area (Å²) in [5, 5.41) is 0. The van der Waals surface area contributed by atoms with Crippen LogP contribution in [-0.4, -0.2) is 43.2 Å². The normalized spacial score (nSPS) is 15.5. The molecule has 1 saturated heterocycles. The van der Waals surface area contributed by atoms with E-state index >= 15 is 0 Å². The fraction of sp³-hybridized carbons (Fsp3) is 0.611. The second kappa shape index (κ2) is 8.77. The molecule has 0 bridgehead atoms. The highest BCUT2D eigenvalue weighted by atomic mass is 16.5. The summed E-state index contributed by atoms with van der Waals surface area (Å²) >= 11 is 0. The van der Waals surface area contributed by atoms with E-state index in [2.05, 4.69) is 6.92 Å². The van der Waals surface area contributed by atoms with E-state index in [9.17, 15) is 4.79 Å². The van der Waals surface area contributed by atoms with Gasteiger partial charge in [-0.25, -0.2) is 0 Å². The van der Waals surface area contributed by atoms with Crippen LogP contribution in [0.25, 0.3) is 0 Å². The Labute approximate surface area is 138 Å². The first kappa shape index (κ1) is 17.6. The fourth-order valence-corrected chi connectivity index (χ4v) is 2.64. The Kier molecular flexibility index (Phi) is 6.71. The lowest BCUT2D eigenvalue weighted by Gasteiger charge is -2.30. The third-order valence-corrected chi connectivity index (χ3v) is 4.07. The number of nitrogens with zero attached hydrogens (tertiary/aromatic N) is 1. The van der Waals surface area contributed by atoms with E-state index in [1.807, 2.05) is 24.0 Å². The summed E-state index contributed by atoms with van der Waals surface area (Å²) in [6, 6.07) is 5.67. The highest BCUT2D eigenvalue weighted by molar-refractivity contribution is 5.95. The molecule has 1 heterocycles. The molecule has 0 saturated carbocycles. The second-order valence-corrected chi connectivity index (χ2v) is 5.93. The number of hydrogen-bond donors (Lipinski definition) is 1. The maximum atomic E-state index is 12.6. The first-order valence-electron chi connectivity index (χ1n) is 8.60. The highest BCUT2D eigenvalue weighted by Crippen LogP contribution is 2.29. The number of ether oxygens (including phenoxy) is 2. The molecule has 128 valence electrons. The predicted molar refractivity (Wildman–Crippen MR) is 91.1 cm³/mol. The van der Waals surface area contributed by atoms with Crippen LogP contribution in [0.2, 0.25) is 0 Å². The zero-order valence-electron chi connectivity index (χ0n) is 14.2. The molecule has 5 heteroatoms. The van der Waals surface area contributed by atoms with Crippen molar-refractivity contribution < 1.29 is 14.3 Å². The average molecular weight is 320 g/mol. The number of likely N-dealkylation sites (tertiary alicyclic amines) is 1. The van der Waals surface area contributed by atoms with Gasteiger partial charge in [0.2, 0.25) is 0 Å². The summed E-state index contributed by atoms with van der Waals surface area (Å²) in [4.78, 5) is 14.5. The Bertz CT molecular complexity index is 511. The average Bonchev–Trinajstić information content (AvgIpc) is 2.56. The number of unbranched alkanes of at least 4 members (excludes halogenated alkanes) is 1. The van der Waals surface area contributed by atoms with Crippen molar-refractivity contribution in [1.29, 1.82) is 0 Å². The van der Waals surface area contributed by atoms with Crippen molar-refractivity contribution in [1.82, 2.24) is 4.90 Å². The third kappa shape index (κ3) is 4.86. The van der Waals surface area contributed by atoms with E-state index in [1.54, 1.807) is 6.07 Å². The van der Waals surface area contributed by atoms with Gasteiger partial charge >= 0.3 is 0 Å². The Hall–Kier alpha value is -1.75. The van der Waals surface area contributed by atoms with Gasteiger partial charge in [-0.15, -0.1) is 0 Å². The minimum absolute atomic E-state index is 0.0398. The third-order valence-electron chi connectivity index (χ3n) is 4.07. The van der Waals surface area contributed by atoms with Crippen molar-refractivity contribution in [3.8, 4) is 11.5 Å². The molecule has 0 unspecified atom stereocenters. The Morgan fingerprint density at radius 2 is 1.96 bits per heavy atom.